The summed E-state index contributed by atoms with van der Waals surface area (Å²) in [6, 6.07) is 9.16. The summed E-state index contributed by atoms with van der Waals surface area (Å²) in [7, 11) is 0. The molecule has 1 aliphatic heterocycles. The second-order valence-corrected chi connectivity index (χ2v) is 7.61. The highest BCUT2D eigenvalue weighted by Crippen LogP contribution is 2.40. The molecule has 2 aliphatic rings. The van der Waals surface area contributed by atoms with E-state index in [9.17, 15) is 19.7 Å². The number of benzene rings is 2. The largest absolute Gasteiger partial charge is 0.452 e. The molecule has 0 unspecified atom stereocenters. The minimum absolute atomic E-state index is 0.0691. The zero-order chi connectivity index (χ0) is 21.3. The Morgan fingerprint density at radius 2 is 1.97 bits per heavy atom. The molecular weight excluding hydrogens is 386 g/mol. The summed E-state index contributed by atoms with van der Waals surface area (Å²) in [6.45, 7) is 1.74. The molecule has 0 aromatic heterocycles. The molecule has 0 spiro atoms. The topological polar surface area (TPSA) is 95.7 Å². The molecule has 1 heterocycles. The van der Waals surface area contributed by atoms with Gasteiger partial charge in [0.2, 0.25) is 5.78 Å². The van der Waals surface area contributed by atoms with Crippen molar-refractivity contribution in [1.82, 2.24) is 0 Å². The van der Waals surface area contributed by atoms with Crippen molar-refractivity contribution < 1.29 is 24.0 Å². The maximum absolute atomic E-state index is 12.7. The first-order valence-electron chi connectivity index (χ1n) is 9.98. The van der Waals surface area contributed by atoms with Crippen LogP contribution in [0.1, 0.15) is 53.6 Å². The van der Waals surface area contributed by atoms with Crippen LogP contribution < -0.4 is 9.47 Å². The Balaban J connectivity index is 1.57. The number of hydrogen-bond acceptors (Lipinski definition) is 6. The standard InChI is InChI=1S/C23H21NO6/c1-14-19(30-23(26)16-7-3-2-4-8-16)11-10-18-21(25)20(29-22(14)18)13-15-6-5-9-17(12-15)24(27)28/h5-6,9-13,16H,2-4,7-8H2,1H3/b20-13-. The number of Topliss-reactive ketones (excluding diaryl/α,β-unsaturated/α-hetero) is 1. The van der Waals surface area contributed by atoms with Gasteiger partial charge >= 0.3 is 5.97 Å². The van der Waals surface area contributed by atoms with Crippen LogP contribution in [-0.4, -0.2) is 16.7 Å². The van der Waals surface area contributed by atoms with Crippen LogP contribution in [0.4, 0.5) is 5.69 Å². The number of nitrogens with zero attached hydrogens (tertiary/aromatic N) is 1. The van der Waals surface area contributed by atoms with E-state index in [1.807, 2.05) is 0 Å². The van der Waals surface area contributed by atoms with Crippen molar-refractivity contribution in [2.24, 2.45) is 5.92 Å². The monoisotopic (exact) mass is 407 g/mol. The number of rotatable bonds is 4. The van der Waals surface area contributed by atoms with Crippen molar-refractivity contribution in [3.05, 3.63) is 69.0 Å². The minimum Gasteiger partial charge on any atom is -0.452 e. The van der Waals surface area contributed by atoms with Gasteiger partial charge in [-0.3, -0.25) is 19.7 Å². The molecule has 2 aromatic carbocycles. The lowest BCUT2D eigenvalue weighted by Crippen LogP contribution is -2.23. The third-order valence-electron chi connectivity index (χ3n) is 5.56. The van der Waals surface area contributed by atoms with E-state index in [1.165, 1.54) is 18.2 Å². The number of nitro benzene ring substituents is 1. The van der Waals surface area contributed by atoms with Crippen molar-refractivity contribution in [3.8, 4) is 11.5 Å². The maximum Gasteiger partial charge on any atom is 0.314 e. The Hall–Kier alpha value is -3.48. The van der Waals surface area contributed by atoms with Crippen LogP contribution in [0.5, 0.6) is 11.5 Å². The third-order valence-corrected chi connectivity index (χ3v) is 5.56. The Kier molecular flexibility index (Phi) is 5.35. The third kappa shape index (κ3) is 3.83. The van der Waals surface area contributed by atoms with E-state index in [2.05, 4.69) is 0 Å². The molecule has 4 rings (SSSR count). The van der Waals surface area contributed by atoms with Gasteiger partial charge in [0, 0.05) is 17.7 Å². The first-order chi connectivity index (χ1) is 14.4. The molecule has 0 saturated heterocycles. The molecule has 0 bridgehead atoms. The summed E-state index contributed by atoms with van der Waals surface area (Å²) in [4.78, 5) is 35.7. The van der Waals surface area contributed by atoms with Crippen molar-refractivity contribution in [1.29, 1.82) is 0 Å². The highest BCUT2D eigenvalue weighted by Gasteiger charge is 2.31. The fraction of sp³-hybridized carbons (Fsp3) is 0.304. The number of fused-ring (bicyclic) bond motifs is 1. The lowest BCUT2D eigenvalue weighted by molar-refractivity contribution is -0.384. The van der Waals surface area contributed by atoms with Crippen LogP contribution >= 0.6 is 0 Å². The highest BCUT2D eigenvalue weighted by molar-refractivity contribution is 6.15. The SMILES string of the molecule is Cc1c(OC(=O)C2CCCCC2)ccc2c1O/C(=C\c1cccc([N+](=O)[O-])c1)C2=O. The fourth-order valence-corrected chi connectivity index (χ4v) is 3.89. The van der Waals surface area contributed by atoms with Gasteiger partial charge in [0.25, 0.3) is 5.69 Å². The maximum atomic E-state index is 12.7. The average Bonchev–Trinajstić information content (AvgIpc) is 3.07. The number of allylic oxidation sites excluding steroid dienone is 1. The molecule has 30 heavy (non-hydrogen) atoms. The molecule has 1 saturated carbocycles. The highest BCUT2D eigenvalue weighted by atomic mass is 16.6. The quantitative estimate of drug-likeness (QED) is 0.233. The number of non-ortho nitro benzene ring substituents is 1. The van der Waals surface area contributed by atoms with E-state index >= 15 is 0 Å². The summed E-state index contributed by atoms with van der Waals surface area (Å²) in [5.74, 6) is 0.168. The van der Waals surface area contributed by atoms with Crippen molar-refractivity contribution in [3.63, 3.8) is 0 Å². The summed E-state index contributed by atoms with van der Waals surface area (Å²) in [6.07, 6.45) is 6.38. The van der Waals surface area contributed by atoms with Crippen molar-refractivity contribution in [2.75, 3.05) is 0 Å². The lowest BCUT2D eigenvalue weighted by atomic mass is 9.89. The second kappa shape index (κ2) is 8.10. The number of esters is 1. The summed E-state index contributed by atoms with van der Waals surface area (Å²) < 4.78 is 11.4. The molecule has 154 valence electrons. The van der Waals surface area contributed by atoms with E-state index in [4.69, 9.17) is 9.47 Å². The Bertz CT molecular complexity index is 1070. The number of hydrogen-bond donors (Lipinski definition) is 0. The normalized spacial score (nSPS) is 17.5. The Morgan fingerprint density at radius 1 is 1.20 bits per heavy atom. The fourth-order valence-electron chi connectivity index (χ4n) is 3.89. The number of ketones is 1. The molecule has 1 fully saturated rings. The van der Waals surface area contributed by atoms with Gasteiger partial charge in [-0.2, -0.15) is 0 Å². The lowest BCUT2D eigenvalue weighted by Gasteiger charge is -2.20. The number of ether oxygens (including phenoxy) is 2. The molecule has 0 amide bonds. The number of nitro groups is 1. The molecular formula is C23H21NO6. The number of carbonyl (C=O) groups is 2. The summed E-state index contributed by atoms with van der Waals surface area (Å²) in [5, 5.41) is 11.0. The second-order valence-electron chi connectivity index (χ2n) is 7.61. The van der Waals surface area contributed by atoms with E-state index in [0.29, 0.717) is 28.2 Å². The average molecular weight is 407 g/mol. The molecule has 2 aromatic rings. The van der Waals surface area contributed by atoms with Crippen molar-refractivity contribution >= 4 is 23.5 Å². The van der Waals surface area contributed by atoms with Gasteiger partial charge in [-0.1, -0.05) is 31.4 Å². The van der Waals surface area contributed by atoms with Crippen LogP contribution in [0.3, 0.4) is 0 Å². The van der Waals surface area contributed by atoms with E-state index in [0.717, 1.165) is 32.1 Å². The molecule has 7 nitrogen and oxygen atoms in total. The van der Waals surface area contributed by atoms with Gasteiger partial charge in [-0.05, 0) is 43.5 Å². The zero-order valence-electron chi connectivity index (χ0n) is 16.6. The van der Waals surface area contributed by atoms with Gasteiger partial charge in [-0.15, -0.1) is 0 Å². The predicted octanol–water partition coefficient (Wildman–Crippen LogP) is 5.01. The molecule has 0 atom stereocenters. The Morgan fingerprint density at radius 3 is 2.70 bits per heavy atom. The number of carbonyl (C=O) groups excluding carboxylic acids is 2. The summed E-state index contributed by atoms with van der Waals surface area (Å²) in [5.41, 5.74) is 1.37. The first kappa shape index (κ1) is 19.8. The molecule has 0 radical (unpaired) electrons. The van der Waals surface area contributed by atoms with E-state index in [1.54, 1.807) is 31.2 Å². The van der Waals surface area contributed by atoms with Gasteiger partial charge in [0.05, 0.1) is 16.4 Å². The molecule has 1 aliphatic carbocycles. The van der Waals surface area contributed by atoms with Gasteiger partial charge in [-0.25, -0.2) is 0 Å². The van der Waals surface area contributed by atoms with Crippen LogP contribution in [0, 0.1) is 23.0 Å². The predicted molar refractivity (Wildman–Crippen MR) is 109 cm³/mol. The molecule has 7 heteroatoms. The van der Waals surface area contributed by atoms with Gasteiger partial charge < -0.3 is 9.47 Å². The summed E-state index contributed by atoms with van der Waals surface area (Å²) >= 11 is 0. The zero-order valence-corrected chi connectivity index (χ0v) is 16.6. The van der Waals surface area contributed by atoms with E-state index < -0.39 is 4.92 Å². The first-order valence-corrected chi connectivity index (χ1v) is 9.98. The minimum atomic E-state index is -0.495. The van der Waals surface area contributed by atoms with Crippen molar-refractivity contribution in [2.45, 2.75) is 39.0 Å². The van der Waals surface area contributed by atoms with Crippen LogP contribution in [0.2, 0.25) is 0 Å². The smallest absolute Gasteiger partial charge is 0.314 e. The molecule has 0 N–H and O–H groups in total. The van der Waals surface area contributed by atoms with Crippen LogP contribution in [-0.2, 0) is 4.79 Å². The van der Waals surface area contributed by atoms with Gasteiger partial charge in [0.15, 0.2) is 5.76 Å². The van der Waals surface area contributed by atoms with E-state index in [-0.39, 0.29) is 29.1 Å². The van der Waals surface area contributed by atoms with Gasteiger partial charge in [0.1, 0.15) is 11.5 Å². The van der Waals surface area contributed by atoms with Crippen LogP contribution in [0.15, 0.2) is 42.2 Å². The van der Waals surface area contributed by atoms with Crippen LogP contribution in [0.25, 0.3) is 6.08 Å². The Labute approximate surface area is 173 Å².